The number of aryl methyl sites for hydroxylation is 1. The molecule has 0 aliphatic carbocycles. The Labute approximate surface area is 66.2 Å². The number of nitrogens with two attached hydrogens (primary N) is 2. The molecular formula is C7H14N4. The lowest BCUT2D eigenvalue weighted by Crippen LogP contribution is -2.02. The number of hydrogen-bond acceptors (Lipinski definition) is 3. The first kappa shape index (κ1) is 7.91. The van der Waals surface area contributed by atoms with E-state index in [0.29, 0.717) is 17.4 Å². The van der Waals surface area contributed by atoms with E-state index in [1.165, 1.54) is 0 Å². The minimum Gasteiger partial charge on any atom is -0.394 e. The molecule has 4 heteroatoms. The number of hydrogen-bond donors (Lipinski definition) is 2. The van der Waals surface area contributed by atoms with E-state index in [4.69, 9.17) is 11.5 Å². The second-order valence-electron chi connectivity index (χ2n) is 2.96. The Morgan fingerprint density at radius 3 is 2.09 bits per heavy atom. The lowest BCUT2D eigenvalue weighted by molar-refractivity contribution is 0.672. The number of nitrogens with zero attached hydrogens (tertiary/aromatic N) is 2. The summed E-state index contributed by atoms with van der Waals surface area (Å²) in [5.74, 6) is 0.793. The van der Waals surface area contributed by atoms with E-state index in [1.54, 1.807) is 4.68 Å². The molecule has 0 amide bonds. The molecule has 11 heavy (non-hydrogen) atoms. The van der Waals surface area contributed by atoms with Crippen molar-refractivity contribution in [3.8, 4) is 0 Å². The van der Waals surface area contributed by atoms with Crippen molar-refractivity contribution in [2.24, 2.45) is 7.05 Å². The second-order valence-corrected chi connectivity index (χ2v) is 2.96. The minimum absolute atomic E-state index is 0.366. The maximum atomic E-state index is 5.70. The molecule has 4 nitrogen and oxygen atoms in total. The molecule has 0 aliphatic heterocycles. The predicted molar refractivity (Wildman–Crippen MR) is 46.1 cm³/mol. The van der Waals surface area contributed by atoms with Gasteiger partial charge >= 0.3 is 0 Å². The number of rotatable bonds is 1. The molecule has 0 fully saturated rings. The predicted octanol–water partition coefficient (Wildman–Crippen LogP) is 0.708. The van der Waals surface area contributed by atoms with Gasteiger partial charge in [-0.1, -0.05) is 13.8 Å². The summed E-state index contributed by atoms with van der Waals surface area (Å²) in [7, 11) is 1.85. The standard InChI is InChI=1S/C7H14N4/c1-4(2)6-5(8)7(9)10-11(6)3/h4H,8H2,1-3H3,(H2,9,10). The van der Waals surface area contributed by atoms with Gasteiger partial charge in [0.05, 0.1) is 11.4 Å². The van der Waals surface area contributed by atoms with Crippen molar-refractivity contribution in [2.75, 3.05) is 11.5 Å². The van der Waals surface area contributed by atoms with Gasteiger partial charge in [0.1, 0.15) is 0 Å². The molecule has 0 saturated heterocycles. The van der Waals surface area contributed by atoms with Crippen LogP contribution in [0.2, 0.25) is 0 Å². The summed E-state index contributed by atoms with van der Waals surface area (Å²) in [4.78, 5) is 0. The van der Waals surface area contributed by atoms with E-state index in [2.05, 4.69) is 18.9 Å². The van der Waals surface area contributed by atoms with Crippen LogP contribution in [0.4, 0.5) is 11.5 Å². The molecule has 62 valence electrons. The fourth-order valence-electron chi connectivity index (χ4n) is 1.26. The Balaban J connectivity index is 3.22. The molecule has 1 rings (SSSR count). The first-order chi connectivity index (χ1) is 5.04. The fraction of sp³-hybridized carbons (Fsp3) is 0.571. The maximum Gasteiger partial charge on any atom is 0.169 e. The lowest BCUT2D eigenvalue weighted by Gasteiger charge is -2.05. The van der Waals surface area contributed by atoms with E-state index >= 15 is 0 Å². The molecule has 0 atom stereocenters. The van der Waals surface area contributed by atoms with Gasteiger partial charge in [0.15, 0.2) is 5.82 Å². The summed E-state index contributed by atoms with van der Waals surface area (Å²) in [5, 5.41) is 4.00. The summed E-state index contributed by atoms with van der Waals surface area (Å²) in [5.41, 5.74) is 12.8. The highest BCUT2D eigenvalue weighted by Gasteiger charge is 2.12. The summed E-state index contributed by atoms with van der Waals surface area (Å²) in [6.45, 7) is 4.12. The average molecular weight is 154 g/mol. The van der Waals surface area contributed by atoms with Gasteiger partial charge in [0.25, 0.3) is 0 Å². The fourth-order valence-corrected chi connectivity index (χ4v) is 1.26. The highest BCUT2D eigenvalue weighted by molar-refractivity contribution is 5.62. The van der Waals surface area contributed by atoms with Gasteiger partial charge in [-0.25, -0.2) is 0 Å². The van der Waals surface area contributed by atoms with Crippen LogP contribution in [0.5, 0.6) is 0 Å². The van der Waals surface area contributed by atoms with Crippen LogP contribution in [-0.2, 0) is 7.05 Å². The topological polar surface area (TPSA) is 69.9 Å². The smallest absolute Gasteiger partial charge is 0.169 e. The Hall–Kier alpha value is -1.19. The Kier molecular flexibility index (Phi) is 1.76. The van der Waals surface area contributed by atoms with Gasteiger partial charge in [0.2, 0.25) is 0 Å². The zero-order valence-corrected chi connectivity index (χ0v) is 7.13. The maximum absolute atomic E-state index is 5.70. The third-order valence-corrected chi connectivity index (χ3v) is 1.71. The molecule has 0 saturated carbocycles. The number of aromatic nitrogens is 2. The van der Waals surface area contributed by atoms with Crippen LogP contribution in [0.3, 0.4) is 0 Å². The summed E-state index contributed by atoms with van der Waals surface area (Å²) >= 11 is 0. The van der Waals surface area contributed by atoms with Crippen molar-refractivity contribution < 1.29 is 0 Å². The third-order valence-electron chi connectivity index (χ3n) is 1.71. The molecule has 0 bridgehead atoms. The molecule has 0 spiro atoms. The van der Waals surface area contributed by atoms with Crippen LogP contribution in [0.25, 0.3) is 0 Å². The molecule has 1 aromatic rings. The van der Waals surface area contributed by atoms with Crippen molar-refractivity contribution in [3.63, 3.8) is 0 Å². The highest BCUT2D eigenvalue weighted by Crippen LogP contribution is 2.25. The lowest BCUT2D eigenvalue weighted by atomic mass is 10.1. The van der Waals surface area contributed by atoms with Gasteiger partial charge in [-0.15, -0.1) is 0 Å². The van der Waals surface area contributed by atoms with Gasteiger partial charge in [-0.05, 0) is 5.92 Å². The Morgan fingerprint density at radius 2 is 1.91 bits per heavy atom. The van der Waals surface area contributed by atoms with Crippen molar-refractivity contribution in [1.82, 2.24) is 9.78 Å². The van der Waals surface area contributed by atoms with Crippen molar-refractivity contribution in [2.45, 2.75) is 19.8 Å². The van der Waals surface area contributed by atoms with Gasteiger partial charge < -0.3 is 11.5 Å². The zero-order valence-electron chi connectivity index (χ0n) is 7.13. The zero-order chi connectivity index (χ0) is 8.59. The van der Waals surface area contributed by atoms with E-state index in [9.17, 15) is 0 Å². The summed E-state index contributed by atoms with van der Waals surface area (Å²) in [6, 6.07) is 0. The molecule has 1 aromatic heterocycles. The normalized spacial score (nSPS) is 10.9. The minimum atomic E-state index is 0.366. The largest absolute Gasteiger partial charge is 0.394 e. The highest BCUT2D eigenvalue weighted by atomic mass is 15.3. The van der Waals surface area contributed by atoms with Gasteiger partial charge in [-0.2, -0.15) is 5.10 Å². The van der Waals surface area contributed by atoms with Crippen molar-refractivity contribution in [3.05, 3.63) is 5.69 Å². The van der Waals surface area contributed by atoms with E-state index < -0.39 is 0 Å². The van der Waals surface area contributed by atoms with Crippen LogP contribution >= 0.6 is 0 Å². The van der Waals surface area contributed by atoms with E-state index in [1.807, 2.05) is 7.05 Å². The molecule has 4 N–H and O–H groups in total. The first-order valence-corrected chi connectivity index (χ1v) is 3.62. The van der Waals surface area contributed by atoms with Crippen molar-refractivity contribution >= 4 is 11.5 Å². The van der Waals surface area contributed by atoms with E-state index in [-0.39, 0.29) is 0 Å². The molecule has 1 heterocycles. The quantitative estimate of drug-likeness (QED) is 0.625. The first-order valence-electron chi connectivity index (χ1n) is 3.62. The SMILES string of the molecule is CC(C)c1c(N)c(N)nn1C. The third kappa shape index (κ3) is 1.15. The molecular weight excluding hydrogens is 140 g/mol. The Bertz CT molecular complexity index is 262. The molecule has 0 aliphatic rings. The summed E-state index contributed by atoms with van der Waals surface area (Å²) in [6.07, 6.45) is 0. The van der Waals surface area contributed by atoms with Crippen LogP contribution < -0.4 is 11.5 Å². The second kappa shape index (κ2) is 2.45. The van der Waals surface area contributed by atoms with Crippen LogP contribution in [0.1, 0.15) is 25.5 Å². The molecule has 0 aromatic carbocycles. The summed E-state index contributed by atoms with van der Waals surface area (Å²) < 4.78 is 1.73. The van der Waals surface area contributed by atoms with Gasteiger partial charge in [0, 0.05) is 7.05 Å². The van der Waals surface area contributed by atoms with Crippen LogP contribution in [0.15, 0.2) is 0 Å². The van der Waals surface area contributed by atoms with Crippen LogP contribution in [0, 0.1) is 0 Å². The number of nitrogen functional groups attached to an aromatic ring is 2. The average Bonchev–Trinajstić information content (AvgIpc) is 2.07. The number of anilines is 2. The van der Waals surface area contributed by atoms with E-state index in [0.717, 1.165) is 5.69 Å². The van der Waals surface area contributed by atoms with Crippen LogP contribution in [-0.4, -0.2) is 9.78 Å². The van der Waals surface area contributed by atoms with Gasteiger partial charge in [-0.3, -0.25) is 4.68 Å². The monoisotopic (exact) mass is 154 g/mol. The molecule has 0 radical (unpaired) electrons. The van der Waals surface area contributed by atoms with Crippen molar-refractivity contribution in [1.29, 1.82) is 0 Å². The molecule has 0 unspecified atom stereocenters. The Morgan fingerprint density at radius 1 is 1.36 bits per heavy atom.